The molecule has 98 valence electrons. The van der Waals surface area contributed by atoms with Crippen LogP contribution in [0, 0.1) is 0 Å². The standard InChI is InChI=1S/C12H24N4O/c1-12(2,16-6-8-17-9-7-16)10-15-11-13-4-3-5-14-11/h3-10H2,1-2H3,(H2,13,14,15). The minimum Gasteiger partial charge on any atom is -0.379 e. The maximum Gasteiger partial charge on any atom is 0.191 e. The second-order valence-corrected chi connectivity index (χ2v) is 5.28. The van der Waals surface area contributed by atoms with Crippen molar-refractivity contribution < 1.29 is 4.74 Å². The van der Waals surface area contributed by atoms with Crippen LogP contribution in [-0.2, 0) is 4.74 Å². The van der Waals surface area contributed by atoms with Gasteiger partial charge in [0.05, 0.1) is 13.2 Å². The normalized spacial score (nSPS) is 22.8. The molecule has 2 aliphatic heterocycles. The molecule has 2 heterocycles. The van der Waals surface area contributed by atoms with Gasteiger partial charge in [-0.25, -0.2) is 0 Å². The van der Waals surface area contributed by atoms with E-state index < -0.39 is 0 Å². The predicted molar refractivity (Wildman–Crippen MR) is 69.4 cm³/mol. The number of ether oxygens (including phenoxy) is 1. The molecule has 0 atom stereocenters. The Morgan fingerprint density at radius 3 is 2.82 bits per heavy atom. The first-order chi connectivity index (χ1) is 8.18. The number of morpholine rings is 1. The molecule has 0 aromatic carbocycles. The lowest BCUT2D eigenvalue weighted by atomic mass is 10.0. The van der Waals surface area contributed by atoms with Gasteiger partial charge in [-0.15, -0.1) is 0 Å². The molecule has 0 saturated carbocycles. The zero-order chi connectivity index (χ0) is 12.1. The Kier molecular flexibility index (Phi) is 4.23. The quantitative estimate of drug-likeness (QED) is 0.731. The summed E-state index contributed by atoms with van der Waals surface area (Å²) in [7, 11) is 0. The van der Waals surface area contributed by atoms with E-state index in [9.17, 15) is 0 Å². The minimum atomic E-state index is 0.144. The van der Waals surface area contributed by atoms with Gasteiger partial charge in [0.15, 0.2) is 5.96 Å². The largest absolute Gasteiger partial charge is 0.379 e. The molecule has 2 rings (SSSR count). The Morgan fingerprint density at radius 1 is 1.41 bits per heavy atom. The van der Waals surface area contributed by atoms with E-state index in [1.165, 1.54) is 0 Å². The summed E-state index contributed by atoms with van der Waals surface area (Å²) in [6.07, 6.45) is 1.14. The summed E-state index contributed by atoms with van der Waals surface area (Å²) in [6, 6.07) is 0. The third-order valence-corrected chi connectivity index (χ3v) is 3.45. The van der Waals surface area contributed by atoms with Crippen LogP contribution in [0.15, 0.2) is 4.99 Å². The van der Waals surface area contributed by atoms with Crippen molar-refractivity contribution in [1.82, 2.24) is 15.5 Å². The topological polar surface area (TPSA) is 48.9 Å². The number of hydrogen-bond donors (Lipinski definition) is 2. The van der Waals surface area contributed by atoms with E-state index in [0.717, 1.165) is 58.3 Å². The highest BCUT2D eigenvalue weighted by Crippen LogP contribution is 2.14. The van der Waals surface area contributed by atoms with Gasteiger partial charge >= 0.3 is 0 Å². The molecule has 17 heavy (non-hydrogen) atoms. The molecule has 0 aliphatic carbocycles. The second kappa shape index (κ2) is 5.69. The number of aliphatic imine (C=N–C) groups is 1. The van der Waals surface area contributed by atoms with Gasteiger partial charge in [0.1, 0.15) is 0 Å². The van der Waals surface area contributed by atoms with Crippen molar-refractivity contribution in [3.05, 3.63) is 0 Å². The first-order valence-corrected chi connectivity index (χ1v) is 6.53. The molecule has 0 unspecified atom stereocenters. The molecule has 1 fully saturated rings. The van der Waals surface area contributed by atoms with Crippen LogP contribution in [0.4, 0.5) is 0 Å². The van der Waals surface area contributed by atoms with Crippen LogP contribution in [0.5, 0.6) is 0 Å². The molecule has 0 amide bonds. The highest BCUT2D eigenvalue weighted by atomic mass is 16.5. The van der Waals surface area contributed by atoms with Crippen LogP contribution in [0.1, 0.15) is 20.3 Å². The molecular weight excluding hydrogens is 216 g/mol. The van der Waals surface area contributed by atoms with E-state index >= 15 is 0 Å². The molecule has 2 aliphatic rings. The third-order valence-electron chi connectivity index (χ3n) is 3.45. The van der Waals surface area contributed by atoms with Crippen molar-refractivity contribution in [3.8, 4) is 0 Å². The van der Waals surface area contributed by atoms with Crippen LogP contribution in [-0.4, -0.2) is 62.3 Å². The average Bonchev–Trinajstić information content (AvgIpc) is 2.39. The predicted octanol–water partition coefficient (Wildman–Crippen LogP) is 0.0361. The maximum atomic E-state index is 5.39. The minimum absolute atomic E-state index is 0.144. The van der Waals surface area contributed by atoms with Crippen LogP contribution in [0.2, 0.25) is 0 Å². The Morgan fingerprint density at radius 2 is 2.18 bits per heavy atom. The lowest BCUT2D eigenvalue weighted by molar-refractivity contribution is -0.00835. The highest BCUT2D eigenvalue weighted by Gasteiger charge is 2.28. The summed E-state index contributed by atoms with van der Waals surface area (Å²) in [6.45, 7) is 11.2. The van der Waals surface area contributed by atoms with Crippen LogP contribution in [0.25, 0.3) is 0 Å². The third kappa shape index (κ3) is 3.57. The molecule has 5 heteroatoms. The summed E-state index contributed by atoms with van der Waals surface area (Å²) in [4.78, 5) is 6.91. The SMILES string of the molecule is CC(C)(CNC1=NCCCN1)N1CCOCC1. The molecule has 0 aromatic rings. The maximum absolute atomic E-state index is 5.39. The fourth-order valence-corrected chi connectivity index (χ4v) is 2.23. The Balaban J connectivity index is 1.81. The van der Waals surface area contributed by atoms with Crippen molar-refractivity contribution in [2.24, 2.45) is 4.99 Å². The smallest absolute Gasteiger partial charge is 0.191 e. The van der Waals surface area contributed by atoms with E-state index in [1.54, 1.807) is 0 Å². The van der Waals surface area contributed by atoms with Crippen molar-refractivity contribution in [1.29, 1.82) is 0 Å². The van der Waals surface area contributed by atoms with Gasteiger partial charge in [-0.1, -0.05) is 0 Å². The Bertz CT molecular complexity index is 272. The Hall–Kier alpha value is -0.810. The second-order valence-electron chi connectivity index (χ2n) is 5.28. The van der Waals surface area contributed by atoms with Crippen LogP contribution in [0.3, 0.4) is 0 Å². The van der Waals surface area contributed by atoms with Gasteiger partial charge in [0.25, 0.3) is 0 Å². The van der Waals surface area contributed by atoms with Crippen LogP contribution < -0.4 is 10.6 Å². The zero-order valence-electron chi connectivity index (χ0n) is 11.0. The molecule has 5 nitrogen and oxygen atoms in total. The van der Waals surface area contributed by atoms with Gasteiger partial charge in [-0.05, 0) is 20.3 Å². The average molecular weight is 240 g/mol. The number of rotatable bonds is 3. The number of nitrogens with one attached hydrogen (secondary N) is 2. The lowest BCUT2D eigenvalue weighted by Crippen LogP contribution is -2.56. The van der Waals surface area contributed by atoms with Crippen molar-refractivity contribution in [2.75, 3.05) is 45.9 Å². The van der Waals surface area contributed by atoms with Gasteiger partial charge in [0, 0.05) is 38.3 Å². The first-order valence-electron chi connectivity index (χ1n) is 6.53. The van der Waals surface area contributed by atoms with Crippen molar-refractivity contribution >= 4 is 5.96 Å². The number of nitrogens with zero attached hydrogens (tertiary/aromatic N) is 2. The van der Waals surface area contributed by atoms with E-state index in [0.29, 0.717) is 0 Å². The summed E-state index contributed by atoms with van der Waals surface area (Å²) >= 11 is 0. The van der Waals surface area contributed by atoms with Gasteiger partial charge in [0.2, 0.25) is 0 Å². The summed E-state index contributed by atoms with van der Waals surface area (Å²) < 4.78 is 5.39. The molecule has 2 N–H and O–H groups in total. The highest BCUT2D eigenvalue weighted by molar-refractivity contribution is 5.80. The first kappa shape index (κ1) is 12.6. The van der Waals surface area contributed by atoms with Crippen molar-refractivity contribution in [3.63, 3.8) is 0 Å². The molecular formula is C12H24N4O. The van der Waals surface area contributed by atoms with E-state index in [-0.39, 0.29) is 5.54 Å². The monoisotopic (exact) mass is 240 g/mol. The molecule has 0 bridgehead atoms. The molecule has 0 aromatic heterocycles. The summed E-state index contributed by atoms with van der Waals surface area (Å²) in [5.74, 6) is 0.956. The van der Waals surface area contributed by atoms with Crippen LogP contribution >= 0.6 is 0 Å². The number of hydrogen-bond acceptors (Lipinski definition) is 5. The van der Waals surface area contributed by atoms with Crippen molar-refractivity contribution in [2.45, 2.75) is 25.8 Å². The molecule has 1 saturated heterocycles. The Labute approximate surface area is 104 Å². The summed E-state index contributed by atoms with van der Waals surface area (Å²) in [5, 5.41) is 6.71. The number of guanidine groups is 1. The van der Waals surface area contributed by atoms with E-state index in [4.69, 9.17) is 4.74 Å². The van der Waals surface area contributed by atoms with Gasteiger partial charge in [-0.3, -0.25) is 9.89 Å². The van der Waals surface area contributed by atoms with E-state index in [1.807, 2.05) is 0 Å². The summed E-state index contributed by atoms with van der Waals surface area (Å²) in [5.41, 5.74) is 0.144. The zero-order valence-corrected chi connectivity index (χ0v) is 11.0. The van der Waals surface area contributed by atoms with E-state index in [2.05, 4.69) is 34.4 Å². The van der Waals surface area contributed by atoms with Gasteiger partial charge in [-0.2, -0.15) is 0 Å². The molecule has 0 radical (unpaired) electrons. The fraction of sp³-hybridized carbons (Fsp3) is 0.917. The fourth-order valence-electron chi connectivity index (χ4n) is 2.23. The lowest BCUT2D eigenvalue weighted by Gasteiger charge is -2.41. The molecule has 0 spiro atoms. The van der Waals surface area contributed by atoms with Gasteiger partial charge < -0.3 is 15.4 Å².